The van der Waals surface area contributed by atoms with Crippen molar-refractivity contribution in [2.45, 2.75) is 57.8 Å². The topological polar surface area (TPSA) is 199 Å². The van der Waals surface area contributed by atoms with Crippen LogP contribution in [0.3, 0.4) is 0 Å². The van der Waals surface area contributed by atoms with Gasteiger partial charge in [0.15, 0.2) is 5.82 Å². The number of anilines is 1. The molecule has 1 aromatic carbocycles. The lowest BCUT2D eigenvalue weighted by molar-refractivity contribution is -0.0272. The Bertz CT molecular complexity index is 1850. The molecule has 3 N–H and O–H groups in total. The van der Waals surface area contributed by atoms with Gasteiger partial charge in [0, 0.05) is 68.1 Å². The third kappa shape index (κ3) is 5.45. The normalized spacial score (nSPS) is 22.3. The maximum Gasteiger partial charge on any atom is 0.341 e. The Kier molecular flexibility index (Phi) is 8.56. The van der Waals surface area contributed by atoms with Crippen LogP contribution in [0, 0.1) is 11.6 Å². The highest BCUT2D eigenvalue weighted by Gasteiger charge is 2.36. The summed E-state index contributed by atoms with van der Waals surface area (Å²) in [5, 5.41) is 22.2. The van der Waals surface area contributed by atoms with Crippen molar-refractivity contribution in [1.29, 1.82) is 0 Å². The third-order valence-electron chi connectivity index (χ3n) is 8.19. The number of azide groups is 1. The first-order chi connectivity index (χ1) is 21.0. The molecule has 3 aromatic rings. The van der Waals surface area contributed by atoms with Gasteiger partial charge in [-0.3, -0.25) is 24.0 Å². The molecule has 2 aromatic heterocycles. The number of aryl methyl sites for hydroxylation is 1. The number of aromatic carboxylic acids is 1. The highest BCUT2D eigenvalue weighted by Crippen LogP contribution is 2.32. The third-order valence-corrected chi connectivity index (χ3v) is 8.19. The van der Waals surface area contributed by atoms with Gasteiger partial charge in [-0.1, -0.05) is 5.11 Å². The number of aliphatic hydroxyl groups is 1. The van der Waals surface area contributed by atoms with Gasteiger partial charge in [-0.25, -0.2) is 18.4 Å². The van der Waals surface area contributed by atoms with Gasteiger partial charge < -0.3 is 24.4 Å². The van der Waals surface area contributed by atoms with Gasteiger partial charge in [0.05, 0.1) is 29.7 Å². The van der Waals surface area contributed by atoms with E-state index in [4.69, 9.17) is 10.3 Å². The lowest BCUT2D eigenvalue weighted by Gasteiger charge is -2.41. The van der Waals surface area contributed by atoms with Gasteiger partial charge >= 0.3 is 11.7 Å². The van der Waals surface area contributed by atoms with Crippen LogP contribution in [0.25, 0.3) is 21.3 Å². The number of halogens is 2. The standard InChI is InChI=1S/C27H30F2N8O7/c1-3-34-11-16(26(41)42)24(39)15-6-17(28)23(21(29)22(15)34)36-5-4-35(13(2)8-36)9-14-10-37(27(43)31-25(14)40)20-7-18(32-33-30)19(12-38)44-20/h6,10-11,13,18-20,38H,3-5,7-9,12H2,1-2H3,(H,41,42)(H,31,40,43). The summed E-state index contributed by atoms with van der Waals surface area (Å²) in [6.45, 7) is 3.85. The number of aliphatic hydroxyl groups excluding tert-OH is 1. The second-order valence-electron chi connectivity index (χ2n) is 10.8. The number of carboxylic acid groups (broad SMARTS) is 1. The summed E-state index contributed by atoms with van der Waals surface area (Å²) in [4.78, 5) is 57.9. The zero-order valence-electron chi connectivity index (χ0n) is 23.8. The molecule has 2 fully saturated rings. The number of hydrogen-bond donors (Lipinski definition) is 3. The average molecular weight is 617 g/mol. The maximum absolute atomic E-state index is 15.9. The van der Waals surface area contributed by atoms with Gasteiger partial charge in [0.25, 0.3) is 5.56 Å². The first-order valence-corrected chi connectivity index (χ1v) is 13.9. The zero-order valence-corrected chi connectivity index (χ0v) is 23.8. The quantitative estimate of drug-likeness (QED) is 0.191. The number of benzene rings is 1. The molecule has 44 heavy (non-hydrogen) atoms. The average Bonchev–Trinajstić information content (AvgIpc) is 3.38. The highest BCUT2D eigenvalue weighted by atomic mass is 19.1. The van der Waals surface area contributed by atoms with Gasteiger partial charge in [-0.2, -0.15) is 0 Å². The number of aromatic amines is 1. The molecule has 17 heteroatoms. The fourth-order valence-corrected chi connectivity index (χ4v) is 5.91. The molecule has 0 saturated carbocycles. The molecule has 4 unspecified atom stereocenters. The predicted molar refractivity (Wildman–Crippen MR) is 153 cm³/mol. The number of ether oxygens (including phenoxy) is 1. The summed E-state index contributed by atoms with van der Waals surface area (Å²) in [7, 11) is 0. The molecule has 0 aliphatic carbocycles. The van der Waals surface area contributed by atoms with Crippen molar-refractivity contribution < 1.29 is 28.5 Å². The van der Waals surface area contributed by atoms with Crippen LogP contribution < -0.4 is 21.6 Å². The number of aromatic nitrogens is 3. The Morgan fingerprint density at radius 3 is 2.64 bits per heavy atom. The van der Waals surface area contributed by atoms with Crippen LogP contribution >= 0.6 is 0 Å². The Hall–Kier alpha value is -4.57. The van der Waals surface area contributed by atoms with E-state index in [9.17, 15) is 29.4 Å². The van der Waals surface area contributed by atoms with E-state index in [1.165, 1.54) is 20.2 Å². The van der Waals surface area contributed by atoms with Crippen molar-refractivity contribution in [2.24, 2.45) is 5.11 Å². The molecular formula is C27H30F2N8O7. The fraction of sp³-hybridized carbons (Fsp3) is 0.481. The largest absolute Gasteiger partial charge is 0.477 e. The highest BCUT2D eigenvalue weighted by molar-refractivity contribution is 5.93. The van der Waals surface area contributed by atoms with Gasteiger partial charge in [-0.15, -0.1) is 0 Å². The number of rotatable bonds is 8. The number of carboxylic acids is 1. The lowest BCUT2D eigenvalue weighted by Crippen LogP contribution is -2.52. The molecule has 5 rings (SSSR count). The Morgan fingerprint density at radius 1 is 1.25 bits per heavy atom. The first kappa shape index (κ1) is 30.9. The van der Waals surface area contributed by atoms with Crippen molar-refractivity contribution in [2.75, 3.05) is 31.1 Å². The molecular weight excluding hydrogens is 586 g/mol. The van der Waals surface area contributed by atoms with Crippen LogP contribution in [-0.4, -0.2) is 79.6 Å². The molecule has 4 atom stereocenters. The maximum atomic E-state index is 15.9. The van der Waals surface area contributed by atoms with Crippen LogP contribution in [0.4, 0.5) is 14.5 Å². The molecule has 2 aliphatic rings. The fourth-order valence-electron chi connectivity index (χ4n) is 5.91. The second-order valence-corrected chi connectivity index (χ2v) is 10.8. The van der Waals surface area contributed by atoms with Crippen molar-refractivity contribution in [1.82, 2.24) is 19.0 Å². The number of fused-ring (bicyclic) bond motifs is 1. The van der Waals surface area contributed by atoms with E-state index < -0.39 is 64.8 Å². The summed E-state index contributed by atoms with van der Waals surface area (Å²) >= 11 is 0. The Morgan fingerprint density at radius 2 is 2.00 bits per heavy atom. The monoisotopic (exact) mass is 616 g/mol. The molecule has 0 spiro atoms. The van der Waals surface area contributed by atoms with E-state index in [2.05, 4.69) is 15.0 Å². The predicted octanol–water partition coefficient (Wildman–Crippen LogP) is 1.52. The van der Waals surface area contributed by atoms with Crippen LogP contribution in [0.1, 0.15) is 42.4 Å². The van der Waals surface area contributed by atoms with E-state index in [-0.39, 0.29) is 67.3 Å². The first-order valence-electron chi connectivity index (χ1n) is 13.9. The van der Waals surface area contributed by atoms with Crippen molar-refractivity contribution in [3.8, 4) is 0 Å². The smallest absolute Gasteiger partial charge is 0.341 e. The number of hydrogen-bond acceptors (Lipinski definition) is 9. The summed E-state index contributed by atoms with van der Waals surface area (Å²) in [5.74, 6) is -3.47. The van der Waals surface area contributed by atoms with E-state index in [0.717, 1.165) is 12.3 Å². The van der Waals surface area contributed by atoms with Gasteiger partial charge in [0.1, 0.15) is 23.3 Å². The molecule has 234 valence electrons. The van der Waals surface area contributed by atoms with Gasteiger partial charge in [-0.05, 0) is 25.4 Å². The molecule has 0 radical (unpaired) electrons. The minimum atomic E-state index is -1.49. The molecule has 0 amide bonds. The molecule has 15 nitrogen and oxygen atoms in total. The van der Waals surface area contributed by atoms with Crippen LogP contribution in [0.5, 0.6) is 0 Å². The van der Waals surface area contributed by atoms with E-state index in [1.54, 1.807) is 6.92 Å². The second kappa shape index (κ2) is 12.2. The number of H-pyrrole nitrogens is 1. The van der Waals surface area contributed by atoms with E-state index in [1.807, 2.05) is 11.8 Å². The van der Waals surface area contributed by atoms with Crippen LogP contribution in [-0.2, 0) is 17.8 Å². The van der Waals surface area contributed by atoms with Gasteiger partial charge in [0.2, 0.25) is 5.43 Å². The summed E-state index contributed by atoms with van der Waals surface area (Å²) in [6, 6.07) is -0.155. The number of nitrogens with zero attached hydrogens (tertiary/aromatic N) is 7. The number of piperazine rings is 1. The Labute approximate surface area is 247 Å². The lowest BCUT2D eigenvalue weighted by atomic mass is 10.1. The van der Waals surface area contributed by atoms with Crippen molar-refractivity contribution in [3.05, 3.63) is 82.7 Å². The number of pyridine rings is 1. The zero-order chi connectivity index (χ0) is 31.9. The molecule has 0 bridgehead atoms. The van der Waals surface area contributed by atoms with Crippen molar-refractivity contribution >= 4 is 22.6 Å². The van der Waals surface area contributed by atoms with Crippen LogP contribution in [0.15, 0.2) is 38.0 Å². The number of carbonyl (C=O) groups is 1. The van der Waals surface area contributed by atoms with E-state index in [0.29, 0.717) is 0 Å². The molecule has 2 aliphatic heterocycles. The van der Waals surface area contributed by atoms with Crippen molar-refractivity contribution in [3.63, 3.8) is 0 Å². The molecule has 2 saturated heterocycles. The summed E-state index contributed by atoms with van der Waals surface area (Å²) in [6.07, 6.45) is 0.824. The SMILES string of the molecule is CCn1cc(C(=O)O)c(=O)c2cc(F)c(N3CCN(Cc4cn(C5CC(N=[N+]=[N-])C(CO)O5)c(=O)[nH]c4=O)C(C)C3)c(F)c21. The summed E-state index contributed by atoms with van der Waals surface area (Å²) in [5.41, 5.74) is 5.57. The van der Waals surface area contributed by atoms with Crippen LogP contribution in [0.2, 0.25) is 0 Å². The Balaban J connectivity index is 1.40. The van der Waals surface area contributed by atoms with E-state index >= 15 is 8.78 Å². The summed E-state index contributed by atoms with van der Waals surface area (Å²) < 4.78 is 39.4. The molecule has 4 heterocycles. The minimum Gasteiger partial charge on any atom is -0.477 e. The number of nitrogens with one attached hydrogen (secondary N) is 1. The minimum absolute atomic E-state index is 0.0938.